The molecule has 1 aliphatic carbocycles. The highest BCUT2D eigenvalue weighted by atomic mass is 16.5. The van der Waals surface area contributed by atoms with E-state index in [9.17, 15) is 9.90 Å². The van der Waals surface area contributed by atoms with Gasteiger partial charge in [-0.3, -0.25) is 0 Å². The first-order valence-corrected chi connectivity index (χ1v) is 11.7. The van der Waals surface area contributed by atoms with Crippen molar-refractivity contribution in [1.29, 1.82) is 0 Å². The molecule has 0 amide bonds. The Kier molecular flexibility index (Phi) is 6.73. The lowest BCUT2D eigenvalue weighted by atomic mass is 9.66. The highest BCUT2D eigenvalue weighted by molar-refractivity contribution is 5.94. The predicted molar refractivity (Wildman–Crippen MR) is 134 cm³/mol. The van der Waals surface area contributed by atoms with Crippen LogP contribution in [0.15, 0.2) is 41.5 Å². The van der Waals surface area contributed by atoms with E-state index < -0.39 is 5.60 Å². The second-order valence-electron chi connectivity index (χ2n) is 13.5. The molecular weight excluding hydrogens is 396 g/mol. The van der Waals surface area contributed by atoms with Crippen molar-refractivity contribution in [2.75, 3.05) is 0 Å². The van der Waals surface area contributed by atoms with Crippen molar-refractivity contribution in [3.8, 4) is 5.75 Å². The fraction of sp³-hybridized carbons (Fsp3) is 0.621. The first-order chi connectivity index (χ1) is 14.1. The van der Waals surface area contributed by atoms with Crippen LogP contribution in [-0.2, 0) is 15.6 Å². The lowest BCUT2D eigenvalue weighted by Gasteiger charge is -2.43. The van der Waals surface area contributed by atoms with Crippen LogP contribution >= 0.6 is 0 Å². The Morgan fingerprint density at radius 2 is 1.28 bits per heavy atom. The second-order valence-corrected chi connectivity index (χ2v) is 13.5. The maximum absolute atomic E-state index is 13.4. The summed E-state index contributed by atoms with van der Waals surface area (Å²) < 4.78 is 5.98. The molecule has 3 heteroatoms. The van der Waals surface area contributed by atoms with Crippen LogP contribution in [0, 0.1) is 10.8 Å². The Bertz CT molecular complexity index is 902. The molecule has 1 unspecified atom stereocenters. The van der Waals surface area contributed by atoms with Gasteiger partial charge in [-0.05, 0) is 56.6 Å². The average molecular weight is 441 g/mol. The van der Waals surface area contributed by atoms with Gasteiger partial charge in [0.1, 0.15) is 5.75 Å². The van der Waals surface area contributed by atoms with Gasteiger partial charge in [-0.1, -0.05) is 95.2 Å². The fourth-order valence-electron chi connectivity index (χ4n) is 3.81. The third-order valence-corrected chi connectivity index (χ3v) is 6.57. The van der Waals surface area contributed by atoms with Gasteiger partial charge in [0.15, 0.2) is 0 Å². The normalized spacial score (nSPS) is 20.5. The molecule has 0 heterocycles. The summed E-state index contributed by atoms with van der Waals surface area (Å²) in [5, 5.41) is 11.3. The van der Waals surface area contributed by atoms with Crippen molar-refractivity contribution < 1.29 is 14.6 Å². The van der Waals surface area contributed by atoms with Crippen LogP contribution in [-0.4, -0.2) is 16.7 Å². The van der Waals surface area contributed by atoms with Crippen LogP contribution in [0.4, 0.5) is 0 Å². The van der Waals surface area contributed by atoms with Crippen molar-refractivity contribution in [2.24, 2.45) is 10.8 Å². The van der Waals surface area contributed by atoms with Crippen LogP contribution in [0.1, 0.15) is 101 Å². The van der Waals surface area contributed by atoms with Gasteiger partial charge in [0, 0.05) is 6.42 Å². The number of carbonyl (C=O) groups is 1. The van der Waals surface area contributed by atoms with Crippen molar-refractivity contribution in [3.05, 3.63) is 52.6 Å². The van der Waals surface area contributed by atoms with E-state index in [1.165, 1.54) is 0 Å². The molecule has 0 spiro atoms. The van der Waals surface area contributed by atoms with E-state index in [1.54, 1.807) is 12.2 Å². The number of hydrogen-bond donors (Lipinski definition) is 1. The molecule has 0 aromatic heterocycles. The van der Waals surface area contributed by atoms with Gasteiger partial charge in [-0.2, -0.15) is 0 Å². The van der Waals surface area contributed by atoms with Crippen molar-refractivity contribution in [2.45, 2.75) is 106 Å². The lowest BCUT2D eigenvalue weighted by Crippen LogP contribution is -2.44. The minimum Gasteiger partial charge on any atom is -0.423 e. The highest BCUT2D eigenvalue weighted by Gasteiger charge is 2.43. The van der Waals surface area contributed by atoms with E-state index in [1.807, 2.05) is 32.9 Å². The summed E-state index contributed by atoms with van der Waals surface area (Å²) in [6, 6.07) is 6.16. The lowest BCUT2D eigenvalue weighted by molar-refractivity contribution is -0.130. The molecule has 1 aliphatic rings. The predicted octanol–water partition coefficient (Wildman–Crippen LogP) is 7.27. The zero-order valence-corrected chi connectivity index (χ0v) is 22.4. The SMILES string of the molecule is CC(C)(C)C1=C(C(=O)Oc2cc(C(C)(C)C)cc(C(C)(C)C)c2)C=CC(O)(C(C)(C)C)C1. The standard InChI is InChI=1S/C29H44O3/c1-25(2,3)19-15-20(26(4,5)6)17-21(16-19)32-24(30)22-13-14-29(31,28(10,11)12)18-23(22)27(7,8)9/h13-17,31H,18H2,1-12H3. The minimum absolute atomic E-state index is 0.0633. The van der Waals surface area contributed by atoms with Gasteiger partial charge in [-0.15, -0.1) is 0 Å². The van der Waals surface area contributed by atoms with Crippen LogP contribution in [0.5, 0.6) is 5.75 Å². The zero-order chi connectivity index (χ0) is 24.9. The second kappa shape index (κ2) is 8.17. The Morgan fingerprint density at radius 1 is 0.812 bits per heavy atom. The van der Waals surface area contributed by atoms with E-state index >= 15 is 0 Å². The summed E-state index contributed by atoms with van der Waals surface area (Å²) in [5.74, 6) is 0.200. The number of aliphatic hydroxyl groups is 1. The monoisotopic (exact) mass is 440 g/mol. The maximum atomic E-state index is 13.4. The van der Waals surface area contributed by atoms with E-state index in [2.05, 4.69) is 68.4 Å². The molecule has 178 valence electrons. The molecule has 1 aromatic carbocycles. The summed E-state index contributed by atoms with van der Waals surface area (Å²) in [6.07, 6.45) is 3.94. The van der Waals surface area contributed by atoms with Crippen LogP contribution in [0.3, 0.4) is 0 Å². The van der Waals surface area contributed by atoms with Crippen molar-refractivity contribution in [1.82, 2.24) is 0 Å². The van der Waals surface area contributed by atoms with Gasteiger partial charge in [0.2, 0.25) is 0 Å². The molecule has 0 saturated heterocycles. The molecule has 3 nitrogen and oxygen atoms in total. The zero-order valence-electron chi connectivity index (χ0n) is 22.4. The molecule has 0 bridgehead atoms. The summed E-state index contributed by atoms with van der Waals surface area (Å²) in [5.41, 5.74) is 1.98. The smallest absolute Gasteiger partial charge is 0.343 e. The molecule has 1 N–H and O–H groups in total. The van der Waals surface area contributed by atoms with Gasteiger partial charge < -0.3 is 9.84 Å². The summed E-state index contributed by atoms with van der Waals surface area (Å²) in [7, 11) is 0. The average Bonchev–Trinajstić information content (AvgIpc) is 2.58. The Balaban J connectivity index is 2.52. The van der Waals surface area contributed by atoms with Crippen molar-refractivity contribution in [3.63, 3.8) is 0 Å². The van der Waals surface area contributed by atoms with Gasteiger partial charge in [0.05, 0.1) is 11.2 Å². The highest BCUT2D eigenvalue weighted by Crippen LogP contribution is 2.45. The Labute approximate surface area is 196 Å². The largest absolute Gasteiger partial charge is 0.423 e. The van der Waals surface area contributed by atoms with Gasteiger partial charge in [-0.25, -0.2) is 4.79 Å². The van der Waals surface area contributed by atoms with Gasteiger partial charge >= 0.3 is 5.97 Å². The van der Waals surface area contributed by atoms with E-state index in [-0.39, 0.29) is 27.6 Å². The number of ether oxygens (including phenoxy) is 1. The molecule has 0 aliphatic heterocycles. The first kappa shape index (κ1) is 26.4. The molecule has 0 fully saturated rings. The number of hydrogen-bond acceptors (Lipinski definition) is 3. The molecule has 0 saturated carbocycles. The first-order valence-electron chi connectivity index (χ1n) is 11.7. The van der Waals surface area contributed by atoms with E-state index in [0.717, 1.165) is 16.7 Å². The Morgan fingerprint density at radius 3 is 1.66 bits per heavy atom. The number of esters is 1. The quantitative estimate of drug-likeness (QED) is 0.388. The molecule has 1 atom stereocenters. The number of benzene rings is 1. The third-order valence-electron chi connectivity index (χ3n) is 6.57. The van der Waals surface area contributed by atoms with E-state index in [0.29, 0.717) is 17.7 Å². The van der Waals surface area contributed by atoms with Crippen molar-refractivity contribution >= 4 is 5.97 Å². The fourth-order valence-corrected chi connectivity index (χ4v) is 3.81. The van der Waals surface area contributed by atoms with Crippen LogP contribution in [0.25, 0.3) is 0 Å². The molecule has 0 radical (unpaired) electrons. The topological polar surface area (TPSA) is 46.5 Å². The molecule has 2 rings (SSSR count). The third kappa shape index (κ3) is 5.73. The van der Waals surface area contributed by atoms with Crippen LogP contribution in [0.2, 0.25) is 0 Å². The molecule has 32 heavy (non-hydrogen) atoms. The Hall–Kier alpha value is -1.87. The van der Waals surface area contributed by atoms with E-state index in [4.69, 9.17) is 4.74 Å². The minimum atomic E-state index is -1.01. The maximum Gasteiger partial charge on any atom is 0.343 e. The van der Waals surface area contributed by atoms with Crippen LogP contribution < -0.4 is 4.74 Å². The summed E-state index contributed by atoms with van der Waals surface area (Å²) >= 11 is 0. The molecule has 1 aromatic rings. The molecular formula is C29H44O3. The van der Waals surface area contributed by atoms with Gasteiger partial charge in [0.25, 0.3) is 0 Å². The number of rotatable bonds is 2. The summed E-state index contributed by atoms with van der Waals surface area (Å²) in [6.45, 7) is 25.3. The number of carbonyl (C=O) groups excluding carboxylic acids is 1. The summed E-state index contributed by atoms with van der Waals surface area (Å²) in [4.78, 5) is 13.4.